The molecule has 1 atom stereocenters. The number of anilines is 1. The number of aryl methyl sites for hydroxylation is 1. The quantitative estimate of drug-likeness (QED) is 0.354. The minimum atomic E-state index is -0.603. The Labute approximate surface area is 193 Å². The number of ether oxygens (including phenoxy) is 1. The summed E-state index contributed by atoms with van der Waals surface area (Å²) in [6.07, 6.45) is 1.52. The minimum absolute atomic E-state index is 0.183. The Kier molecular flexibility index (Phi) is 6.63. The largest absolute Gasteiger partial charge is 0.497 e. The predicted octanol–water partition coefficient (Wildman–Crippen LogP) is 5.10. The molecule has 4 rings (SSSR count). The maximum absolute atomic E-state index is 13.0. The summed E-state index contributed by atoms with van der Waals surface area (Å²) in [7, 11) is 1.62. The average Bonchev–Trinajstić information content (AvgIpc) is 3.12. The molecule has 0 aliphatic carbocycles. The number of carbonyl (C=O) groups excluding carboxylic acids is 2. The van der Waals surface area contributed by atoms with Crippen LogP contribution in [0.1, 0.15) is 31.0 Å². The number of benzene rings is 3. The lowest BCUT2D eigenvalue weighted by atomic mass is 10.1. The smallest absolute Gasteiger partial charge is 0.246 e. The summed E-state index contributed by atoms with van der Waals surface area (Å²) in [5.41, 5.74) is 3.51. The Morgan fingerprint density at radius 1 is 1.03 bits per heavy atom. The van der Waals surface area contributed by atoms with Crippen LogP contribution in [-0.2, 0) is 16.0 Å². The lowest BCUT2D eigenvalue weighted by Crippen LogP contribution is -2.44. The maximum atomic E-state index is 13.0. The van der Waals surface area contributed by atoms with E-state index in [1.165, 1.54) is 0 Å². The standard InChI is InChI=1S/C27H29N3O3/c1-4-7-25(27(32)29-20-11-10-18-8-5-6-9-19(18)14-20)30-26(31)16-22-17(2)28-24-13-12-21(33-3)15-23(22)24/h5-6,8-15,25,28H,4,7,16H2,1-3H3,(H,29,32)(H,30,31). The van der Waals surface area contributed by atoms with Crippen molar-refractivity contribution in [1.29, 1.82) is 0 Å². The van der Waals surface area contributed by atoms with Crippen LogP contribution in [0.3, 0.4) is 0 Å². The molecule has 6 heteroatoms. The Hall–Kier alpha value is -3.80. The molecule has 0 radical (unpaired) electrons. The van der Waals surface area contributed by atoms with E-state index in [4.69, 9.17) is 4.74 Å². The first-order valence-electron chi connectivity index (χ1n) is 11.2. The number of aromatic amines is 1. The predicted molar refractivity (Wildman–Crippen MR) is 133 cm³/mol. The van der Waals surface area contributed by atoms with Crippen LogP contribution >= 0.6 is 0 Å². The van der Waals surface area contributed by atoms with Gasteiger partial charge in [0.2, 0.25) is 11.8 Å². The van der Waals surface area contributed by atoms with Crippen LogP contribution in [0.5, 0.6) is 5.75 Å². The highest BCUT2D eigenvalue weighted by Gasteiger charge is 2.22. The van der Waals surface area contributed by atoms with Crippen molar-refractivity contribution in [2.24, 2.45) is 0 Å². The van der Waals surface area contributed by atoms with Crippen molar-refractivity contribution < 1.29 is 14.3 Å². The van der Waals surface area contributed by atoms with E-state index < -0.39 is 6.04 Å². The monoisotopic (exact) mass is 443 g/mol. The number of carbonyl (C=O) groups is 2. The number of hydrogen-bond acceptors (Lipinski definition) is 3. The fourth-order valence-electron chi connectivity index (χ4n) is 4.18. The molecule has 0 aliphatic rings. The van der Waals surface area contributed by atoms with Crippen molar-refractivity contribution in [1.82, 2.24) is 10.3 Å². The molecule has 0 bridgehead atoms. The van der Waals surface area contributed by atoms with Crippen LogP contribution in [0.15, 0.2) is 60.7 Å². The lowest BCUT2D eigenvalue weighted by molar-refractivity contribution is -0.126. The van der Waals surface area contributed by atoms with Crippen LogP contribution in [-0.4, -0.2) is 29.9 Å². The lowest BCUT2D eigenvalue weighted by Gasteiger charge is -2.18. The highest BCUT2D eigenvalue weighted by molar-refractivity contribution is 5.99. The van der Waals surface area contributed by atoms with Gasteiger partial charge in [-0.05, 0) is 60.0 Å². The van der Waals surface area contributed by atoms with Gasteiger partial charge in [-0.25, -0.2) is 0 Å². The maximum Gasteiger partial charge on any atom is 0.246 e. The number of nitrogens with one attached hydrogen (secondary N) is 3. The molecule has 0 fully saturated rings. The Balaban J connectivity index is 1.48. The van der Waals surface area contributed by atoms with Crippen molar-refractivity contribution >= 4 is 39.2 Å². The third kappa shape index (κ3) is 5.00. The third-order valence-electron chi connectivity index (χ3n) is 5.91. The first-order chi connectivity index (χ1) is 16.0. The van der Waals surface area contributed by atoms with E-state index in [1.54, 1.807) is 7.11 Å². The van der Waals surface area contributed by atoms with Crippen molar-refractivity contribution in [3.8, 4) is 5.75 Å². The fraction of sp³-hybridized carbons (Fsp3) is 0.259. The van der Waals surface area contributed by atoms with Crippen LogP contribution in [0.2, 0.25) is 0 Å². The third-order valence-corrected chi connectivity index (χ3v) is 5.91. The second-order valence-corrected chi connectivity index (χ2v) is 8.28. The number of H-pyrrole nitrogens is 1. The van der Waals surface area contributed by atoms with Crippen LogP contribution in [0, 0.1) is 6.92 Å². The molecule has 0 saturated carbocycles. The summed E-state index contributed by atoms with van der Waals surface area (Å²) >= 11 is 0. The minimum Gasteiger partial charge on any atom is -0.497 e. The summed E-state index contributed by atoms with van der Waals surface area (Å²) < 4.78 is 5.34. The summed E-state index contributed by atoms with van der Waals surface area (Å²) in [4.78, 5) is 29.2. The SMILES string of the molecule is CCCC(NC(=O)Cc1c(C)[nH]c2ccc(OC)cc12)C(=O)Nc1ccc2ccccc2c1. The van der Waals surface area contributed by atoms with Crippen molar-refractivity contribution in [2.45, 2.75) is 39.2 Å². The number of hydrogen-bond donors (Lipinski definition) is 3. The molecule has 6 nitrogen and oxygen atoms in total. The molecule has 0 spiro atoms. The van der Waals surface area contributed by atoms with Crippen LogP contribution in [0.25, 0.3) is 21.7 Å². The summed E-state index contributed by atoms with van der Waals surface area (Å²) in [6.45, 7) is 3.95. The molecule has 1 heterocycles. The molecule has 1 unspecified atom stereocenters. The normalized spacial score (nSPS) is 12.0. The summed E-state index contributed by atoms with van der Waals surface area (Å²) in [5, 5.41) is 9.02. The van der Waals surface area contributed by atoms with Gasteiger partial charge in [-0.1, -0.05) is 43.7 Å². The number of amides is 2. The van der Waals surface area contributed by atoms with Gasteiger partial charge in [0.15, 0.2) is 0 Å². The fourth-order valence-corrected chi connectivity index (χ4v) is 4.18. The van der Waals surface area contributed by atoms with Crippen molar-refractivity contribution in [3.05, 3.63) is 71.9 Å². The second-order valence-electron chi connectivity index (χ2n) is 8.28. The zero-order valence-corrected chi connectivity index (χ0v) is 19.2. The van der Waals surface area contributed by atoms with Gasteiger partial charge in [-0.2, -0.15) is 0 Å². The summed E-state index contributed by atoms with van der Waals surface area (Å²) in [6, 6.07) is 19.0. The molecule has 2 amide bonds. The molecular weight excluding hydrogens is 414 g/mol. The zero-order chi connectivity index (χ0) is 23.4. The first kappa shape index (κ1) is 22.4. The van der Waals surface area contributed by atoms with Crippen LogP contribution in [0.4, 0.5) is 5.69 Å². The van der Waals surface area contributed by atoms with Gasteiger partial charge in [-0.15, -0.1) is 0 Å². The van der Waals surface area contributed by atoms with Crippen molar-refractivity contribution in [3.63, 3.8) is 0 Å². The van der Waals surface area contributed by atoms with E-state index in [0.717, 1.165) is 45.1 Å². The zero-order valence-electron chi connectivity index (χ0n) is 19.2. The van der Waals surface area contributed by atoms with Gasteiger partial charge in [-0.3, -0.25) is 9.59 Å². The molecule has 1 aromatic heterocycles. The second kappa shape index (κ2) is 9.77. The highest BCUT2D eigenvalue weighted by Crippen LogP contribution is 2.27. The number of methoxy groups -OCH3 is 1. The molecule has 0 saturated heterocycles. The Morgan fingerprint density at radius 2 is 1.82 bits per heavy atom. The first-order valence-corrected chi connectivity index (χ1v) is 11.2. The van der Waals surface area contributed by atoms with E-state index in [2.05, 4.69) is 15.6 Å². The molecular formula is C27H29N3O3. The van der Waals surface area contributed by atoms with Gasteiger partial charge >= 0.3 is 0 Å². The van der Waals surface area contributed by atoms with Gasteiger partial charge in [0.1, 0.15) is 11.8 Å². The molecule has 3 aromatic carbocycles. The Morgan fingerprint density at radius 3 is 2.58 bits per heavy atom. The van der Waals surface area contributed by atoms with E-state index >= 15 is 0 Å². The number of rotatable bonds is 8. The van der Waals surface area contributed by atoms with E-state index in [1.807, 2.05) is 74.5 Å². The number of fused-ring (bicyclic) bond motifs is 2. The molecule has 3 N–H and O–H groups in total. The summed E-state index contributed by atoms with van der Waals surface area (Å²) in [5.74, 6) is 0.341. The van der Waals surface area contributed by atoms with E-state index in [9.17, 15) is 9.59 Å². The van der Waals surface area contributed by atoms with Gasteiger partial charge < -0.3 is 20.4 Å². The van der Waals surface area contributed by atoms with Crippen LogP contribution < -0.4 is 15.4 Å². The molecule has 0 aliphatic heterocycles. The average molecular weight is 444 g/mol. The van der Waals surface area contributed by atoms with E-state index in [-0.39, 0.29) is 18.2 Å². The van der Waals surface area contributed by atoms with Gasteiger partial charge in [0.25, 0.3) is 0 Å². The van der Waals surface area contributed by atoms with Gasteiger partial charge in [0, 0.05) is 22.3 Å². The van der Waals surface area contributed by atoms with E-state index in [0.29, 0.717) is 12.1 Å². The van der Waals surface area contributed by atoms with Crippen molar-refractivity contribution in [2.75, 3.05) is 12.4 Å². The number of aromatic nitrogens is 1. The Bertz CT molecular complexity index is 1310. The topological polar surface area (TPSA) is 83.2 Å². The molecule has 33 heavy (non-hydrogen) atoms. The highest BCUT2D eigenvalue weighted by atomic mass is 16.5. The molecule has 4 aromatic rings. The molecule has 170 valence electrons. The van der Waals surface area contributed by atoms with Gasteiger partial charge in [0.05, 0.1) is 13.5 Å².